The summed E-state index contributed by atoms with van der Waals surface area (Å²) in [6.45, 7) is 4.21. The summed E-state index contributed by atoms with van der Waals surface area (Å²) in [6, 6.07) is 13.9. The van der Waals surface area contributed by atoms with Crippen molar-refractivity contribution >= 4 is 15.7 Å². The number of H-pyrrole nitrogens is 1. The Kier molecular flexibility index (Phi) is 4.87. The molecule has 1 N–H and O–H groups in total. The molecule has 6 heteroatoms. The molecule has 0 spiro atoms. The van der Waals surface area contributed by atoms with Gasteiger partial charge in [-0.3, -0.25) is 4.31 Å². The van der Waals surface area contributed by atoms with Gasteiger partial charge in [-0.05, 0) is 48.2 Å². The third-order valence-electron chi connectivity index (χ3n) is 4.85. The Hall–Kier alpha value is -2.60. The lowest BCUT2D eigenvalue weighted by Crippen LogP contribution is -2.25. The van der Waals surface area contributed by atoms with Crippen molar-refractivity contribution in [3.8, 4) is 0 Å². The Bertz CT molecular complexity index is 1010. The number of rotatable bonds is 5. The number of nitrogens with zero attached hydrogens (tertiary/aromatic N) is 2. The van der Waals surface area contributed by atoms with E-state index in [9.17, 15) is 8.42 Å². The topological polar surface area (TPSA) is 66.1 Å². The van der Waals surface area contributed by atoms with Crippen LogP contribution in [0.4, 0.5) is 5.69 Å². The van der Waals surface area contributed by atoms with Crippen molar-refractivity contribution in [3.05, 3.63) is 82.9 Å². The highest BCUT2D eigenvalue weighted by Gasteiger charge is 2.22. The molecule has 5 nitrogen and oxygen atoms in total. The Morgan fingerprint density at radius 2 is 1.85 bits per heavy atom. The predicted molar refractivity (Wildman–Crippen MR) is 105 cm³/mol. The van der Waals surface area contributed by atoms with E-state index in [1.54, 1.807) is 19.4 Å². The molecule has 0 saturated heterocycles. The second-order valence-corrected chi connectivity index (χ2v) is 8.57. The van der Waals surface area contributed by atoms with Gasteiger partial charge in [-0.15, -0.1) is 0 Å². The van der Waals surface area contributed by atoms with E-state index in [2.05, 4.69) is 35.9 Å². The lowest BCUT2D eigenvalue weighted by molar-refractivity contribution is 0.600. The van der Waals surface area contributed by atoms with Gasteiger partial charge in [0.1, 0.15) is 0 Å². The summed E-state index contributed by atoms with van der Waals surface area (Å²) < 4.78 is 25.1. The maximum absolute atomic E-state index is 11.9. The molecule has 0 aliphatic heterocycles. The minimum absolute atomic E-state index is 0.0506. The first-order valence-electron chi connectivity index (χ1n) is 8.37. The van der Waals surface area contributed by atoms with Crippen LogP contribution in [0.1, 0.15) is 33.9 Å². The summed E-state index contributed by atoms with van der Waals surface area (Å²) in [5, 5.41) is 0. The Morgan fingerprint density at radius 3 is 2.50 bits per heavy atom. The maximum atomic E-state index is 11.9. The monoisotopic (exact) mass is 369 g/mol. The van der Waals surface area contributed by atoms with Gasteiger partial charge in [0.15, 0.2) is 0 Å². The second-order valence-electron chi connectivity index (χ2n) is 6.55. The van der Waals surface area contributed by atoms with Gasteiger partial charge in [-0.25, -0.2) is 13.4 Å². The summed E-state index contributed by atoms with van der Waals surface area (Å²) >= 11 is 0. The molecule has 1 heterocycles. The van der Waals surface area contributed by atoms with Crippen molar-refractivity contribution in [1.29, 1.82) is 0 Å². The highest BCUT2D eigenvalue weighted by molar-refractivity contribution is 7.92. The van der Waals surface area contributed by atoms with Crippen molar-refractivity contribution in [2.75, 3.05) is 17.6 Å². The van der Waals surface area contributed by atoms with Crippen molar-refractivity contribution < 1.29 is 8.42 Å². The fourth-order valence-corrected chi connectivity index (χ4v) is 3.63. The summed E-state index contributed by atoms with van der Waals surface area (Å²) in [7, 11) is -1.75. The van der Waals surface area contributed by atoms with E-state index >= 15 is 0 Å². The molecule has 3 rings (SSSR count). The van der Waals surface area contributed by atoms with Crippen LogP contribution in [0.5, 0.6) is 0 Å². The molecular formula is C20H23N3O2S. The van der Waals surface area contributed by atoms with Crippen LogP contribution in [-0.2, 0) is 10.0 Å². The van der Waals surface area contributed by atoms with Crippen LogP contribution in [0.2, 0.25) is 0 Å². The summed E-state index contributed by atoms with van der Waals surface area (Å²) in [6.07, 6.45) is 4.69. The molecule has 0 aliphatic rings. The van der Waals surface area contributed by atoms with Crippen molar-refractivity contribution in [2.45, 2.75) is 19.8 Å². The number of sulfonamides is 1. The van der Waals surface area contributed by atoms with Crippen LogP contribution >= 0.6 is 0 Å². The van der Waals surface area contributed by atoms with E-state index in [0.717, 1.165) is 11.3 Å². The fourth-order valence-electron chi connectivity index (χ4n) is 3.13. The number of hydrogen-bond donors (Lipinski definition) is 1. The Balaban J connectivity index is 2.17. The number of hydrogen-bond acceptors (Lipinski definition) is 3. The predicted octanol–water partition coefficient (Wildman–Crippen LogP) is 3.60. The number of benzene rings is 2. The number of imidazole rings is 1. The van der Waals surface area contributed by atoms with Gasteiger partial charge in [0, 0.05) is 18.9 Å². The van der Waals surface area contributed by atoms with E-state index in [4.69, 9.17) is 0 Å². The van der Waals surface area contributed by atoms with Crippen LogP contribution in [0.3, 0.4) is 0 Å². The summed E-state index contributed by atoms with van der Waals surface area (Å²) in [5.41, 5.74) is 6.23. The van der Waals surface area contributed by atoms with Crippen molar-refractivity contribution in [1.82, 2.24) is 9.97 Å². The molecular weight excluding hydrogens is 346 g/mol. The fraction of sp³-hybridized carbons (Fsp3) is 0.250. The molecule has 0 fully saturated rings. The van der Waals surface area contributed by atoms with E-state index in [1.165, 1.54) is 27.3 Å². The summed E-state index contributed by atoms with van der Waals surface area (Å²) in [5.74, 6) is -0.0506. The smallest absolute Gasteiger partial charge is 0.231 e. The minimum Gasteiger partial charge on any atom is -0.348 e. The first kappa shape index (κ1) is 18.2. The first-order valence-corrected chi connectivity index (χ1v) is 10.2. The van der Waals surface area contributed by atoms with E-state index in [0.29, 0.717) is 5.69 Å². The van der Waals surface area contributed by atoms with Crippen molar-refractivity contribution in [3.63, 3.8) is 0 Å². The molecule has 0 aliphatic carbocycles. The molecule has 0 radical (unpaired) electrons. The largest absolute Gasteiger partial charge is 0.348 e. The molecule has 1 atom stereocenters. The first-order chi connectivity index (χ1) is 12.3. The lowest BCUT2D eigenvalue weighted by Gasteiger charge is -2.23. The van der Waals surface area contributed by atoms with Crippen LogP contribution < -0.4 is 4.31 Å². The van der Waals surface area contributed by atoms with Gasteiger partial charge in [0.2, 0.25) is 10.0 Å². The number of aromatic amines is 1. The molecule has 1 aromatic heterocycles. The van der Waals surface area contributed by atoms with Crippen LogP contribution in [-0.4, -0.2) is 31.7 Å². The quantitative estimate of drug-likeness (QED) is 0.747. The maximum Gasteiger partial charge on any atom is 0.231 e. The molecule has 0 saturated carbocycles. The van der Waals surface area contributed by atoms with Gasteiger partial charge in [-0.1, -0.05) is 30.3 Å². The molecule has 1 unspecified atom stereocenters. The average molecular weight is 369 g/mol. The van der Waals surface area contributed by atoms with E-state index in [1.807, 2.05) is 30.5 Å². The van der Waals surface area contributed by atoms with Crippen LogP contribution in [0, 0.1) is 13.8 Å². The minimum atomic E-state index is -3.32. The third-order valence-corrected chi connectivity index (χ3v) is 6.06. The van der Waals surface area contributed by atoms with Crippen LogP contribution in [0.25, 0.3) is 0 Å². The zero-order chi connectivity index (χ0) is 18.9. The SMILES string of the molecule is Cc1cccc(C(c2cccc(N(C)S(C)(=O)=O)c2)c2cnc[nH]2)c1C. The normalized spacial score (nSPS) is 12.8. The Morgan fingerprint density at radius 1 is 1.12 bits per heavy atom. The molecule has 0 amide bonds. The van der Waals surface area contributed by atoms with Crippen LogP contribution in [0.15, 0.2) is 55.0 Å². The highest BCUT2D eigenvalue weighted by Crippen LogP contribution is 2.35. The van der Waals surface area contributed by atoms with Gasteiger partial charge in [0.25, 0.3) is 0 Å². The standard InChI is InChI=1S/C20H23N3O2S/c1-14-7-5-10-18(15(14)2)20(19-12-21-13-22-19)16-8-6-9-17(11-16)23(3)26(4,24)25/h5-13,20H,1-4H3,(H,21,22). The molecule has 26 heavy (non-hydrogen) atoms. The van der Waals surface area contributed by atoms with Gasteiger partial charge in [-0.2, -0.15) is 0 Å². The molecule has 136 valence electrons. The average Bonchev–Trinajstić information content (AvgIpc) is 3.12. The lowest BCUT2D eigenvalue weighted by atomic mass is 9.85. The zero-order valence-electron chi connectivity index (χ0n) is 15.4. The van der Waals surface area contributed by atoms with Crippen molar-refractivity contribution in [2.24, 2.45) is 0 Å². The van der Waals surface area contributed by atoms with E-state index < -0.39 is 10.0 Å². The molecule has 3 aromatic rings. The molecule has 0 bridgehead atoms. The summed E-state index contributed by atoms with van der Waals surface area (Å²) in [4.78, 5) is 7.40. The Labute approximate surface area is 154 Å². The number of aryl methyl sites for hydroxylation is 1. The second kappa shape index (κ2) is 6.96. The van der Waals surface area contributed by atoms with E-state index in [-0.39, 0.29) is 5.92 Å². The number of nitrogens with one attached hydrogen (secondary N) is 1. The number of aromatic nitrogens is 2. The zero-order valence-corrected chi connectivity index (χ0v) is 16.2. The van der Waals surface area contributed by atoms with Gasteiger partial charge >= 0.3 is 0 Å². The number of anilines is 1. The van der Waals surface area contributed by atoms with Gasteiger partial charge < -0.3 is 4.98 Å². The molecule has 2 aromatic carbocycles. The van der Waals surface area contributed by atoms with Gasteiger partial charge in [0.05, 0.1) is 24.2 Å². The third kappa shape index (κ3) is 3.51. The highest BCUT2D eigenvalue weighted by atomic mass is 32.2.